The minimum Gasteiger partial charge on any atom is -0.337 e. The Bertz CT molecular complexity index is 684. The van der Waals surface area contributed by atoms with Gasteiger partial charge in [0.1, 0.15) is 0 Å². The van der Waals surface area contributed by atoms with E-state index in [-0.39, 0.29) is 5.91 Å². The van der Waals surface area contributed by atoms with E-state index in [1.165, 1.54) is 89.2 Å². The molecule has 2 rings (SSSR count). The van der Waals surface area contributed by atoms with Gasteiger partial charge in [-0.2, -0.15) is 13.2 Å². The molecule has 0 aromatic heterocycles. The molecule has 6 heteroatoms. The number of hydrogen-bond donors (Lipinski definition) is 0. The van der Waals surface area contributed by atoms with Crippen LogP contribution in [0, 0.1) is 0 Å². The molecule has 1 fully saturated rings. The summed E-state index contributed by atoms with van der Waals surface area (Å²) in [5, 5.41) is 0. The molecule has 200 valence electrons. The molecule has 1 aliphatic rings. The zero-order chi connectivity index (χ0) is 25.4. The van der Waals surface area contributed by atoms with E-state index in [2.05, 4.69) is 11.8 Å². The Hall–Kier alpha value is -1.56. The lowest BCUT2D eigenvalue weighted by molar-refractivity contribution is -0.137. The van der Waals surface area contributed by atoms with E-state index in [1.807, 2.05) is 4.90 Å². The molecule has 35 heavy (non-hydrogen) atoms. The SMILES string of the molecule is CCCCCCCCCCCCCC(=O)N(CCN1CCCCC1)Cc1ccc(C(F)(F)F)cc1. The highest BCUT2D eigenvalue weighted by Crippen LogP contribution is 2.29. The Kier molecular flexibility index (Phi) is 14.4. The smallest absolute Gasteiger partial charge is 0.337 e. The number of rotatable bonds is 17. The van der Waals surface area contributed by atoms with Gasteiger partial charge in [-0.15, -0.1) is 0 Å². The Morgan fingerprint density at radius 2 is 1.37 bits per heavy atom. The van der Waals surface area contributed by atoms with Crippen LogP contribution in [0.5, 0.6) is 0 Å². The van der Waals surface area contributed by atoms with Crippen LogP contribution in [0.25, 0.3) is 0 Å². The third-order valence-electron chi connectivity index (χ3n) is 7.14. The van der Waals surface area contributed by atoms with E-state index in [4.69, 9.17) is 0 Å². The first-order chi connectivity index (χ1) is 16.9. The highest BCUT2D eigenvalue weighted by Gasteiger charge is 2.30. The minimum absolute atomic E-state index is 0.123. The van der Waals surface area contributed by atoms with Gasteiger partial charge >= 0.3 is 6.18 Å². The standard InChI is InChI=1S/C29H47F3N2O/c1-2-3-4-5-6-7-8-9-10-11-13-16-28(35)34(24-23-33-21-14-12-15-22-33)25-26-17-19-27(20-18-26)29(30,31)32/h17-20H,2-16,21-25H2,1H3. The second-order valence-electron chi connectivity index (χ2n) is 10.2. The van der Waals surface area contributed by atoms with Crippen LogP contribution in [0.4, 0.5) is 13.2 Å². The van der Waals surface area contributed by atoms with Gasteiger partial charge in [0.2, 0.25) is 5.91 Å². The number of unbranched alkanes of at least 4 members (excludes halogenated alkanes) is 10. The molecule has 0 saturated carbocycles. The lowest BCUT2D eigenvalue weighted by Crippen LogP contribution is -2.40. The topological polar surface area (TPSA) is 23.6 Å². The predicted molar refractivity (Wildman–Crippen MR) is 138 cm³/mol. The highest BCUT2D eigenvalue weighted by atomic mass is 19.4. The molecule has 0 N–H and O–H groups in total. The Morgan fingerprint density at radius 3 is 1.91 bits per heavy atom. The van der Waals surface area contributed by atoms with Crippen LogP contribution in [0.2, 0.25) is 0 Å². The summed E-state index contributed by atoms with van der Waals surface area (Å²) >= 11 is 0. The van der Waals surface area contributed by atoms with Crippen molar-refractivity contribution in [1.29, 1.82) is 0 Å². The number of nitrogens with zero attached hydrogens (tertiary/aromatic N) is 2. The number of piperidine rings is 1. The maximum Gasteiger partial charge on any atom is 0.416 e. The molecule has 1 saturated heterocycles. The number of likely N-dealkylation sites (tertiary alicyclic amines) is 1. The van der Waals surface area contributed by atoms with Gasteiger partial charge in [0, 0.05) is 26.1 Å². The molecule has 1 amide bonds. The molecule has 0 bridgehead atoms. The van der Waals surface area contributed by atoms with Gasteiger partial charge in [-0.3, -0.25) is 4.79 Å². The molecule has 0 spiro atoms. The summed E-state index contributed by atoms with van der Waals surface area (Å²) in [4.78, 5) is 17.3. The van der Waals surface area contributed by atoms with Gasteiger partial charge in [0.05, 0.1) is 5.56 Å². The van der Waals surface area contributed by atoms with Crippen molar-refractivity contribution in [3.8, 4) is 0 Å². The van der Waals surface area contributed by atoms with Gasteiger partial charge in [0.15, 0.2) is 0 Å². The summed E-state index contributed by atoms with van der Waals surface area (Å²) in [6, 6.07) is 5.25. The molecule has 3 nitrogen and oxygen atoms in total. The van der Waals surface area contributed by atoms with Crippen molar-refractivity contribution in [2.24, 2.45) is 0 Å². The van der Waals surface area contributed by atoms with Crippen LogP contribution in [0.3, 0.4) is 0 Å². The summed E-state index contributed by atoms with van der Waals surface area (Å²) in [5.41, 5.74) is 0.109. The van der Waals surface area contributed by atoms with E-state index < -0.39 is 11.7 Å². The molecular weight excluding hydrogens is 449 g/mol. The fraction of sp³-hybridized carbons (Fsp3) is 0.759. The summed E-state index contributed by atoms with van der Waals surface area (Å²) < 4.78 is 38.7. The molecule has 1 heterocycles. The first kappa shape index (κ1) is 29.7. The molecule has 0 atom stereocenters. The van der Waals surface area contributed by atoms with Crippen molar-refractivity contribution in [1.82, 2.24) is 9.80 Å². The Balaban J connectivity index is 1.74. The number of halogens is 3. The number of amides is 1. The number of hydrogen-bond acceptors (Lipinski definition) is 2. The van der Waals surface area contributed by atoms with Crippen LogP contribution in [-0.4, -0.2) is 41.9 Å². The monoisotopic (exact) mass is 496 g/mol. The summed E-state index contributed by atoms with van der Waals surface area (Å²) in [5.74, 6) is 0.123. The summed E-state index contributed by atoms with van der Waals surface area (Å²) in [7, 11) is 0. The molecule has 1 aromatic carbocycles. The zero-order valence-corrected chi connectivity index (χ0v) is 21.9. The van der Waals surface area contributed by atoms with Crippen LogP contribution >= 0.6 is 0 Å². The van der Waals surface area contributed by atoms with E-state index >= 15 is 0 Å². The largest absolute Gasteiger partial charge is 0.416 e. The number of carbonyl (C=O) groups excluding carboxylic acids is 1. The Morgan fingerprint density at radius 1 is 0.829 bits per heavy atom. The van der Waals surface area contributed by atoms with Crippen molar-refractivity contribution in [2.75, 3.05) is 26.2 Å². The van der Waals surface area contributed by atoms with Gasteiger partial charge in [-0.05, 0) is 50.0 Å². The summed E-state index contributed by atoms with van der Waals surface area (Å²) in [6.07, 6.45) is 13.5. The molecule has 1 aromatic rings. The molecule has 0 radical (unpaired) electrons. The van der Waals surface area contributed by atoms with Gasteiger partial charge in [-0.25, -0.2) is 0 Å². The van der Waals surface area contributed by atoms with E-state index in [9.17, 15) is 18.0 Å². The van der Waals surface area contributed by atoms with Crippen molar-refractivity contribution < 1.29 is 18.0 Å². The first-order valence-corrected chi connectivity index (χ1v) is 14.1. The van der Waals surface area contributed by atoms with Crippen LogP contribution < -0.4 is 0 Å². The maximum atomic E-state index is 13.0. The van der Waals surface area contributed by atoms with Gasteiger partial charge in [-0.1, -0.05) is 89.7 Å². The maximum absolute atomic E-state index is 13.0. The lowest BCUT2D eigenvalue weighted by Gasteiger charge is -2.30. The third kappa shape index (κ3) is 12.8. The van der Waals surface area contributed by atoms with Crippen molar-refractivity contribution in [3.63, 3.8) is 0 Å². The fourth-order valence-electron chi connectivity index (χ4n) is 4.86. The number of benzene rings is 1. The Labute approximate surface area is 211 Å². The van der Waals surface area contributed by atoms with E-state index in [0.29, 0.717) is 19.5 Å². The average Bonchev–Trinajstić information content (AvgIpc) is 2.85. The van der Waals surface area contributed by atoms with Crippen molar-refractivity contribution in [2.45, 2.75) is 116 Å². The van der Waals surface area contributed by atoms with E-state index in [1.54, 1.807) is 0 Å². The normalized spacial score (nSPS) is 14.9. The van der Waals surface area contributed by atoms with Gasteiger partial charge in [0.25, 0.3) is 0 Å². The first-order valence-electron chi connectivity index (χ1n) is 14.1. The van der Waals surface area contributed by atoms with Crippen LogP contribution in [-0.2, 0) is 17.5 Å². The van der Waals surface area contributed by atoms with Crippen molar-refractivity contribution >= 4 is 5.91 Å². The lowest BCUT2D eigenvalue weighted by atomic mass is 10.0. The quantitative estimate of drug-likeness (QED) is 0.203. The van der Waals surface area contributed by atoms with E-state index in [0.717, 1.165) is 50.2 Å². The number of alkyl halides is 3. The van der Waals surface area contributed by atoms with Crippen molar-refractivity contribution in [3.05, 3.63) is 35.4 Å². The second-order valence-corrected chi connectivity index (χ2v) is 10.2. The minimum atomic E-state index is -4.34. The second kappa shape index (κ2) is 17.0. The summed E-state index contributed by atoms with van der Waals surface area (Å²) in [6.45, 7) is 6.24. The van der Waals surface area contributed by atoms with Crippen LogP contribution in [0.15, 0.2) is 24.3 Å². The molecule has 1 aliphatic heterocycles. The molecule has 0 aliphatic carbocycles. The predicted octanol–water partition coefficient (Wildman–Crippen LogP) is 8.22. The average molecular weight is 497 g/mol. The van der Waals surface area contributed by atoms with Crippen LogP contribution in [0.1, 0.15) is 114 Å². The third-order valence-corrected chi connectivity index (χ3v) is 7.14. The fourth-order valence-corrected chi connectivity index (χ4v) is 4.86. The molecule has 0 unspecified atom stereocenters. The number of carbonyl (C=O) groups is 1. The highest BCUT2D eigenvalue weighted by molar-refractivity contribution is 5.76. The molecular formula is C29H47F3N2O. The van der Waals surface area contributed by atoms with Gasteiger partial charge < -0.3 is 9.80 Å². The zero-order valence-electron chi connectivity index (χ0n) is 21.9.